The Morgan fingerprint density at radius 3 is 2.09 bits per heavy atom. The number of amides is 1. The van der Waals surface area contributed by atoms with Crippen molar-refractivity contribution >= 4 is 27.4 Å². The molecule has 9 heteroatoms. The molecule has 0 bridgehead atoms. The summed E-state index contributed by atoms with van der Waals surface area (Å²) in [5, 5.41) is 7.06. The fraction of sp³-hybridized carbons (Fsp3) is 0.261. The molecule has 168 valence electrons. The van der Waals surface area contributed by atoms with Gasteiger partial charge in [-0.15, -0.1) is 0 Å². The third kappa shape index (κ3) is 5.68. The minimum absolute atomic E-state index is 0.0665. The number of nitrogens with zero attached hydrogens (tertiary/aromatic N) is 2. The summed E-state index contributed by atoms with van der Waals surface area (Å²) in [6, 6.07) is 12.4. The summed E-state index contributed by atoms with van der Waals surface area (Å²) in [6.45, 7) is 7.53. The van der Waals surface area contributed by atoms with Crippen LogP contribution in [0.25, 0.3) is 0 Å². The minimum Gasteiger partial charge on any atom is -0.319 e. The van der Waals surface area contributed by atoms with E-state index in [1.54, 1.807) is 41.3 Å². The van der Waals surface area contributed by atoms with E-state index in [2.05, 4.69) is 15.1 Å². The van der Waals surface area contributed by atoms with Crippen LogP contribution in [0.4, 0.5) is 5.69 Å². The number of ketones is 1. The van der Waals surface area contributed by atoms with Crippen LogP contribution in [0.2, 0.25) is 0 Å². The number of sulfonamides is 1. The van der Waals surface area contributed by atoms with Gasteiger partial charge in [-0.1, -0.05) is 24.3 Å². The van der Waals surface area contributed by atoms with Crippen LogP contribution in [0.3, 0.4) is 0 Å². The lowest BCUT2D eigenvalue weighted by atomic mass is 10.1. The lowest BCUT2D eigenvalue weighted by molar-refractivity contribution is 0.101. The van der Waals surface area contributed by atoms with Gasteiger partial charge < -0.3 is 5.32 Å². The van der Waals surface area contributed by atoms with E-state index in [-0.39, 0.29) is 28.7 Å². The first-order valence-electron chi connectivity index (χ1n) is 10.0. The molecule has 0 saturated heterocycles. The predicted molar refractivity (Wildman–Crippen MR) is 122 cm³/mol. The van der Waals surface area contributed by atoms with E-state index in [9.17, 15) is 18.0 Å². The Labute approximate surface area is 187 Å². The molecule has 32 heavy (non-hydrogen) atoms. The molecular formula is C23H26N4O4S. The second-order valence-electron chi connectivity index (χ2n) is 8.40. The molecule has 2 N–H and O–H groups in total. The highest BCUT2D eigenvalue weighted by Crippen LogP contribution is 2.17. The maximum absolute atomic E-state index is 12.5. The second kappa shape index (κ2) is 9.05. The first kappa shape index (κ1) is 23.4. The van der Waals surface area contributed by atoms with Crippen LogP contribution in [0.1, 0.15) is 54.0 Å². The monoisotopic (exact) mass is 454 g/mol. The minimum atomic E-state index is -3.73. The van der Waals surface area contributed by atoms with E-state index in [4.69, 9.17) is 0 Å². The van der Waals surface area contributed by atoms with Gasteiger partial charge in [-0.25, -0.2) is 13.1 Å². The Morgan fingerprint density at radius 2 is 1.56 bits per heavy atom. The third-order valence-corrected chi connectivity index (χ3v) is 6.20. The van der Waals surface area contributed by atoms with Crippen LogP contribution in [0.5, 0.6) is 0 Å². The molecule has 1 heterocycles. The largest absolute Gasteiger partial charge is 0.319 e. The predicted octanol–water partition coefficient (Wildman–Crippen LogP) is 3.57. The molecule has 0 spiro atoms. The third-order valence-electron chi connectivity index (χ3n) is 4.78. The van der Waals surface area contributed by atoms with Crippen molar-refractivity contribution < 1.29 is 18.0 Å². The number of aromatic nitrogens is 2. The molecule has 3 aromatic rings. The number of hydrogen-bond donors (Lipinski definition) is 2. The first-order chi connectivity index (χ1) is 15.0. The molecule has 0 fully saturated rings. The normalized spacial score (nSPS) is 11.9. The van der Waals surface area contributed by atoms with Crippen LogP contribution in [0, 0.1) is 0 Å². The van der Waals surface area contributed by atoms with Gasteiger partial charge >= 0.3 is 0 Å². The summed E-state index contributed by atoms with van der Waals surface area (Å²) < 4.78 is 29.2. The Morgan fingerprint density at radius 1 is 0.969 bits per heavy atom. The highest BCUT2D eigenvalue weighted by Gasteiger charge is 2.16. The maximum atomic E-state index is 12.5. The molecule has 2 aromatic carbocycles. The Hall–Kier alpha value is -3.30. The second-order valence-corrected chi connectivity index (χ2v) is 10.2. The quantitative estimate of drug-likeness (QED) is 0.530. The number of benzene rings is 2. The van der Waals surface area contributed by atoms with E-state index in [1.165, 1.54) is 31.2 Å². The SMILES string of the molecule is CC(=O)c1ccc(S(=O)(=O)NCc2ccc(C(=O)Nc3cnn(C(C)(C)C)c3)cc2)cc1. The summed E-state index contributed by atoms with van der Waals surface area (Å²) in [5.41, 5.74) is 2.00. The van der Waals surface area contributed by atoms with Gasteiger partial charge in [0, 0.05) is 23.9 Å². The van der Waals surface area contributed by atoms with Crippen molar-refractivity contribution in [2.45, 2.75) is 44.7 Å². The van der Waals surface area contributed by atoms with Gasteiger partial charge in [0.2, 0.25) is 10.0 Å². The summed E-state index contributed by atoms with van der Waals surface area (Å²) in [6.07, 6.45) is 3.36. The average Bonchev–Trinajstić information content (AvgIpc) is 3.22. The molecule has 0 atom stereocenters. The van der Waals surface area contributed by atoms with Crippen molar-refractivity contribution in [1.82, 2.24) is 14.5 Å². The molecule has 0 radical (unpaired) electrons. The van der Waals surface area contributed by atoms with E-state index in [1.807, 2.05) is 20.8 Å². The number of nitrogens with one attached hydrogen (secondary N) is 2. The topological polar surface area (TPSA) is 110 Å². The Bertz CT molecular complexity index is 1220. The van der Waals surface area contributed by atoms with Crippen molar-refractivity contribution in [3.05, 3.63) is 77.6 Å². The number of rotatable bonds is 7. The van der Waals surface area contributed by atoms with Crippen molar-refractivity contribution in [2.75, 3.05) is 5.32 Å². The van der Waals surface area contributed by atoms with E-state index >= 15 is 0 Å². The van der Waals surface area contributed by atoms with Crippen LogP contribution < -0.4 is 10.0 Å². The highest BCUT2D eigenvalue weighted by atomic mass is 32.2. The van der Waals surface area contributed by atoms with Crippen molar-refractivity contribution in [3.63, 3.8) is 0 Å². The fourth-order valence-corrected chi connectivity index (χ4v) is 3.88. The van der Waals surface area contributed by atoms with Crippen LogP contribution >= 0.6 is 0 Å². The Balaban J connectivity index is 1.61. The lowest BCUT2D eigenvalue weighted by Gasteiger charge is -2.18. The van der Waals surface area contributed by atoms with Crippen LogP contribution in [0.15, 0.2) is 65.8 Å². The van der Waals surface area contributed by atoms with Gasteiger partial charge in [-0.3, -0.25) is 14.3 Å². The van der Waals surface area contributed by atoms with Crippen LogP contribution in [-0.2, 0) is 22.1 Å². The zero-order valence-electron chi connectivity index (χ0n) is 18.4. The lowest BCUT2D eigenvalue weighted by Crippen LogP contribution is -2.23. The number of carbonyl (C=O) groups is 2. The van der Waals surface area contributed by atoms with E-state index in [0.29, 0.717) is 22.4 Å². The average molecular weight is 455 g/mol. The summed E-state index contributed by atoms with van der Waals surface area (Å²) in [5.74, 6) is -0.412. The van der Waals surface area contributed by atoms with Gasteiger partial charge in [-0.05, 0) is 57.5 Å². The molecule has 1 amide bonds. The summed E-state index contributed by atoms with van der Waals surface area (Å²) in [4.78, 5) is 23.9. The summed E-state index contributed by atoms with van der Waals surface area (Å²) >= 11 is 0. The van der Waals surface area contributed by atoms with Gasteiger partial charge in [0.1, 0.15) is 0 Å². The molecule has 0 unspecified atom stereocenters. The number of anilines is 1. The molecule has 0 aliphatic carbocycles. The number of carbonyl (C=O) groups excluding carboxylic acids is 2. The standard InChI is InChI=1S/C23H26N4O4S/c1-16(28)18-9-11-21(12-10-18)32(30,31)25-13-17-5-7-19(8-6-17)22(29)26-20-14-24-27(15-20)23(2,3)4/h5-12,14-15,25H,13H2,1-4H3,(H,26,29). The highest BCUT2D eigenvalue weighted by molar-refractivity contribution is 7.89. The van der Waals surface area contributed by atoms with E-state index < -0.39 is 10.0 Å². The van der Waals surface area contributed by atoms with Crippen molar-refractivity contribution in [2.24, 2.45) is 0 Å². The molecular weight excluding hydrogens is 428 g/mol. The van der Waals surface area contributed by atoms with Gasteiger partial charge in [0.05, 0.1) is 22.3 Å². The number of hydrogen-bond acceptors (Lipinski definition) is 5. The van der Waals surface area contributed by atoms with Gasteiger partial charge in [-0.2, -0.15) is 5.10 Å². The first-order valence-corrected chi connectivity index (χ1v) is 11.5. The van der Waals surface area contributed by atoms with Crippen molar-refractivity contribution in [1.29, 1.82) is 0 Å². The maximum Gasteiger partial charge on any atom is 0.255 e. The zero-order chi connectivity index (χ0) is 23.5. The molecule has 0 aliphatic rings. The van der Waals surface area contributed by atoms with E-state index in [0.717, 1.165) is 0 Å². The van der Waals surface area contributed by atoms with Crippen molar-refractivity contribution in [3.8, 4) is 0 Å². The van der Waals surface area contributed by atoms with Gasteiger partial charge in [0.15, 0.2) is 5.78 Å². The van der Waals surface area contributed by atoms with Gasteiger partial charge in [0.25, 0.3) is 5.91 Å². The molecule has 8 nitrogen and oxygen atoms in total. The molecule has 0 saturated carbocycles. The number of Topliss-reactive ketones (excluding diaryl/α,β-unsaturated/α-hetero) is 1. The summed E-state index contributed by atoms with van der Waals surface area (Å²) in [7, 11) is -3.73. The Kier molecular flexibility index (Phi) is 6.61. The van der Waals surface area contributed by atoms with Crippen LogP contribution in [-0.4, -0.2) is 29.9 Å². The smallest absolute Gasteiger partial charge is 0.255 e. The molecule has 3 rings (SSSR count). The zero-order valence-corrected chi connectivity index (χ0v) is 19.2. The molecule has 1 aromatic heterocycles. The molecule has 0 aliphatic heterocycles. The fourth-order valence-electron chi connectivity index (χ4n) is 2.86.